The maximum absolute atomic E-state index is 13.3. The number of thiocarbonyl (C=S) groups is 1. The van der Waals surface area contributed by atoms with E-state index in [9.17, 15) is 9.59 Å². The van der Waals surface area contributed by atoms with E-state index in [2.05, 4.69) is 22.4 Å². The van der Waals surface area contributed by atoms with Crippen LogP contribution in [0.25, 0.3) is 11.7 Å². The number of ether oxygens (including phenoxy) is 1. The summed E-state index contributed by atoms with van der Waals surface area (Å²) < 4.78 is 7.33. The van der Waals surface area contributed by atoms with Crippen molar-refractivity contribution in [2.45, 2.75) is 19.8 Å². The highest BCUT2D eigenvalue weighted by Crippen LogP contribution is 2.33. The minimum atomic E-state index is -0.241. The van der Waals surface area contributed by atoms with Crippen LogP contribution < -0.4 is 10.9 Å². The van der Waals surface area contributed by atoms with Crippen LogP contribution in [0.4, 0.5) is 5.82 Å². The molecule has 1 fully saturated rings. The number of aromatic nitrogens is 2. The standard InChI is InChI=1S/C25H26N4O3S2/c1-2-32-16-8-15-29-24(31)20(34-25(29)33)17-19-22(26-13-12-18-9-4-3-5-10-18)27-21-11-6-7-14-28(21)23(19)30/h3-7,9-11,14,17,26H,2,8,12-13,15-16H2,1H3/b20-17+. The molecule has 1 amide bonds. The number of hydrogen-bond donors (Lipinski definition) is 1. The lowest BCUT2D eigenvalue weighted by Crippen LogP contribution is -2.29. The molecule has 2 aromatic heterocycles. The van der Waals surface area contributed by atoms with Gasteiger partial charge in [0.2, 0.25) is 0 Å². The number of thioether (sulfide) groups is 1. The lowest BCUT2D eigenvalue weighted by molar-refractivity contribution is -0.122. The molecule has 0 unspecified atom stereocenters. The number of carbonyl (C=O) groups excluding carboxylic acids is 1. The van der Waals surface area contributed by atoms with Crippen LogP contribution in [0.2, 0.25) is 0 Å². The van der Waals surface area contributed by atoms with E-state index < -0.39 is 0 Å². The van der Waals surface area contributed by atoms with Crippen LogP contribution in [0.15, 0.2) is 64.4 Å². The van der Waals surface area contributed by atoms with Crippen LogP contribution in [-0.2, 0) is 16.0 Å². The van der Waals surface area contributed by atoms with E-state index in [1.165, 1.54) is 21.7 Å². The van der Waals surface area contributed by atoms with Gasteiger partial charge in [-0.05, 0) is 43.5 Å². The Morgan fingerprint density at radius 2 is 1.94 bits per heavy atom. The molecule has 34 heavy (non-hydrogen) atoms. The van der Waals surface area contributed by atoms with Crippen molar-refractivity contribution < 1.29 is 9.53 Å². The number of hydrogen-bond acceptors (Lipinski definition) is 7. The predicted molar refractivity (Wildman–Crippen MR) is 141 cm³/mol. The molecule has 0 bridgehead atoms. The van der Waals surface area contributed by atoms with E-state index in [1.54, 1.807) is 29.3 Å². The van der Waals surface area contributed by atoms with Crippen molar-refractivity contribution in [1.82, 2.24) is 14.3 Å². The maximum Gasteiger partial charge on any atom is 0.267 e. The van der Waals surface area contributed by atoms with Crippen LogP contribution in [0.5, 0.6) is 0 Å². The van der Waals surface area contributed by atoms with E-state index in [4.69, 9.17) is 17.0 Å². The number of benzene rings is 1. The van der Waals surface area contributed by atoms with Crippen molar-refractivity contribution in [3.63, 3.8) is 0 Å². The minimum Gasteiger partial charge on any atom is -0.382 e. The number of pyridine rings is 1. The Balaban J connectivity index is 1.61. The number of rotatable bonds is 10. The number of carbonyl (C=O) groups is 1. The molecule has 0 spiro atoms. The summed E-state index contributed by atoms with van der Waals surface area (Å²) in [6.07, 6.45) is 4.76. The van der Waals surface area contributed by atoms with Gasteiger partial charge in [0, 0.05) is 32.5 Å². The molecular formula is C25H26N4O3S2. The summed E-state index contributed by atoms with van der Waals surface area (Å²) in [5, 5.41) is 3.30. The van der Waals surface area contributed by atoms with Crippen LogP contribution >= 0.6 is 24.0 Å². The van der Waals surface area contributed by atoms with Gasteiger partial charge in [0.25, 0.3) is 11.5 Å². The monoisotopic (exact) mass is 494 g/mol. The Morgan fingerprint density at radius 1 is 1.15 bits per heavy atom. The molecule has 7 nitrogen and oxygen atoms in total. The molecule has 9 heteroatoms. The van der Waals surface area contributed by atoms with Crippen molar-refractivity contribution in [3.05, 3.63) is 81.1 Å². The summed E-state index contributed by atoms with van der Waals surface area (Å²) in [5.41, 5.74) is 1.82. The smallest absolute Gasteiger partial charge is 0.267 e. The minimum absolute atomic E-state index is 0.195. The normalized spacial score (nSPS) is 15.0. The molecule has 1 saturated heterocycles. The zero-order chi connectivity index (χ0) is 23.9. The molecule has 1 aliphatic rings. The number of amides is 1. The molecule has 0 radical (unpaired) electrons. The van der Waals surface area contributed by atoms with Crippen molar-refractivity contribution in [2.24, 2.45) is 0 Å². The summed E-state index contributed by atoms with van der Waals surface area (Å²) in [4.78, 5) is 33.0. The third kappa shape index (κ3) is 5.55. The second kappa shape index (κ2) is 11.4. The van der Waals surface area contributed by atoms with Gasteiger partial charge < -0.3 is 10.1 Å². The molecule has 0 aliphatic carbocycles. The van der Waals surface area contributed by atoms with Crippen LogP contribution in [0, 0.1) is 0 Å². The zero-order valence-corrected chi connectivity index (χ0v) is 20.5. The maximum atomic E-state index is 13.3. The zero-order valence-electron chi connectivity index (χ0n) is 18.9. The molecule has 1 aromatic carbocycles. The molecule has 3 heterocycles. The van der Waals surface area contributed by atoms with Crippen molar-refractivity contribution >= 4 is 51.7 Å². The highest BCUT2D eigenvalue weighted by atomic mass is 32.2. The molecule has 0 saturated carbocycles. The fraction of sp³-hybridized carbons (Fsp3) is 0.280. The lowest BCUT2D eigenvalue weighted by Gasteiger charge is -2.14. The third-order valence-electron chi connectivity index (χ3n) is 5.34. The van der Waals surface area contributed by atoms with Crippen LogP contribution in [0.1, 0.15) is 24.5 Å². The first-order chi connectivity index (χ1) is 16.6. The Bertz CT molecular complexity index is 1270. The topological polar surface area (TPSA) is 75.9 Å². The third-order valence-corrected chi connectivity index (χ3v) is 6.72. The fourth-order valence-electron chi connectivity index (χ4n) is 3.63. The highest BCUT2D eigenvalue weighted by Gasteiger charge is 2.32. The highest BCUT2D eigenvalue weighted by molar-refractivity contribution is 8.26. The van der Waals surface area contributed by atoms with Crippen molar-refractivity contribution in [3.8, 4) is 0 Å². The summed E-state index contributed by atoms with van der Waals surface area (Å²) >= 11 is 6.64. The summed E-state index contributed by atoms with van der Waals surface area (Å²) in [6.45, 7) is 4.22. The van der Waals surface area contributed by atoms with Gasteiger partial charge >= 0.3 is 0 Å². The average Bonchev–Trinajstić information content (AvgIpc) is 3.12. The first-order valence-corrected chi connectivity index (χ1v) is 12.4. The number of anilines is 1. The van der Waals surface area contributed by atoms with Gasteiger partial charge in [0.1, 0.15) is 15.8 Å². The molecule has 3 aromatic rings. The van der Waals surface area contributed by atoms with Gasteiger partial charge in [-0.25, -0.2) is 4.98 Å². The van der Waals surface area contributed by atoms with E-state index in [1.807, 2.05) is 31.2 Å². The SMILES string of the molecule is CCOCCCN1C(=O)/C(=C\c2c(NCCc3ccccc3)nc3ccccn3c2=O)SC1=S. The Hall–Kier alpha value is -3.01. The lowest BCUT2D eigenvalue weighted by atomic mass is 10.1. The first-order valence-electron chi connectivity index (χ1n) is 11.2. The second-order valence-electron chi connectivity index (χ2n) is 7.65. The van der Waals surface area contributed by atoms with Gasteiger partial charge in [0.05, 0.1) is 10.5 Å². The molecule has 1 aliphatic heterocycles. The van der Waals surface area contributed by atoms with E-state index in [0.717, 1.165) is 6.42 Å². The molecule has 176 valence electrons. The number of nitrogens with zero attached hydrogens (tertiary/aromatic N) is 3. The first kappa shape index (κ1) is 24.1. The number of nitrogens with one attached hydrogen (secondary N) is 1. The molecule has 4 rings (SSSR count). The van der Waals surface area contributed by atoms with Gasteiger partial charge in [-0.15, -0.1) is 0 Å². The predicted octanol–water partition coefficient (Wildman–Crippen LogP) is 3.98. The Kier molecular flexibility index (Phi) is 8.10. The van der Waals surface area contributed by atoms with E-state index in [0.29, 0.717) is 59.0 Å². The Morgan fingerprint density at radius 3 is 2.74 bits per heavy atom. The largest absolute Gasteiger partial charge is 0.382 e. The van der Waals surface area contributed by atoms with Gasteiger partial charge in [-0.3, -0.25) is 18.9 Å². The average molecular weight is 495 g/mol. The summed E-state index contributed by atoms with van der Waals surface area (Å²) in [7, 11) is 0. The van der Waals surface area contributed by atoms with Gasteiger partial charge in [0.15, 0.2) is 0 Å². The molecular weight excluding hydrogens is 468 g/mol. The van der Waals surface area contributed by atoms with Gasteiger partial charge in [-0.1, -0.05) is 60.4 Å². The van der Waals surface area contributed by atoms with Crippen molar-refractivity contribution in [2.75, 3.05) is 31.6 Å². The van der Waals surface area contributed by atoms with E-state index in [-0.39, 0.29) is 11.5 Å². The quantitative estimate of drug-likeness (QED) is 0.260. The molecule has 1 N–H and O–H groups in total. The fourth-order valence-corrected chi connectivity index (χ4v) is 4.92. The molecule has 0 atom stereocenters. The number of fused-ring (bicyclic) bond motifs is 1. The van der Waals surface area contributed by atoms with Crippen molar-refractivity contribution in [1.29, 1.82) is 0 Å². The van der Waals surface area contributed by atoms with E-state index >= 15 is 0 Å². The Labute approximate surface area is 207 Å². The second-order valence-corrected chi connectivity index (χ2v) is 9.33. The summed E-state index contributed by atoms with van der Waals surface area (Å²) in [5.74, 6) is 0.257. The van der Waals surface area contributed by atoms with Crippen LogP contribution in [0.3, 0.4) is 0 Å². The van der Waals surface area contributed by atoms with Gasteiger partial charge in [-0.2, -0.15) is 0 Å². The van der Waals surface area contributed by atoms with Crippen LogP contribution in [-0.4, -0.2) is 50.8 Å². The summed E-state index contributed by atoms with van der Waals surface area (Å²) in [6, 6.07) is 15.5.